The Morgan fingerprint density at radius 1 is 0.727 bits per heavy atom. The van der Waals surface area contributed by atoms with Gasteiger partial charge in [-0.25, -0.2) is 0 Å². The molecule has 0 saturated carbocycles. The predicted octanol–water partition coefficient (Wildman–Crippen LogP) is 4.70. The summed E-state index contributed by atoms with van der Waals surface area (Å²) in [6.07, 6.45) is -7.34. The van der Waals surface area contributed by atoms with E-state index >= 15 is 0 Å². The van der Waals surface area contributed by atoms with Crippen molar-refractivity contribution in [3.63, 3.8) is 0 Å². The smallest absolute Gasteiger partial charge is 0.191 e. The lowest BCUT2D eigenvalue weighted by atomic mass is 10.0. The summed E-state index contributed by atoms with van der Waals surface area (Å²) in [7, 11) is 0. The van der Waals surface area contributed by atoms with Gasteiger partial charge in [-0.3, -0.25) is 0 Å². The van der Waals surface area contributed by atoms with Crippen molar-refractivity contribution in [2.24, 2.45) is 0 Å². The van der Waals surface area contributed by atoms with Crippen LogP contribution in [0.1, 0.15) is 5.56 Å². The highest BCUT2D eigenvalue weighted by Crippen LogP contribution is 2.52. The molecular formula is C13H7F9. The van der Waals surface area contributed by atoms with Gasteiger partial charge in [0, 0.05) is 6.42 Å². The average molecular weight is 334 g/mol. The zero-order valence-corrected chi connectivity index (χ0v) is 10.5. The SMILES string of the molecule is FC(F)(F)C(F)(F)C(F)(F)C(F)(F)C#CCc1ccccc1. The Balaban J connectivity index is 3.03. The second-order valence-electron chi connectivity index (χ2n) is 4.19. The van der Waals surface area contributed by atoms with Crippen molar-refractivity contribution >= 4 is 0 Å². The van der Waals surface area contributed by atoms with E-state index in [1.165, 1.54) is 30.2 Å². The molecule has 0 radical (unpaired) electrons. The Kier molecular flexibility index (Phi) is 4.75. The molecule has 0 unspecified atom stereocenters. The molecule has 0 bridgehead atoms. The molecule has 0 amide bonds. The number of hydrogen-bond acceptors (Lipinski definition) is 0. The Morgan fingerprint density at radius 2 is 1.23 bits per heavy atom. The third kappa shape index (κ3) is 3.31. The van der Waals surface area contributed by atoms with E-state index in [1.54, 1.807) is 6.07 Å². The van der Waals surface area contributed by atoms with Gasteiger partial charge in [0.2, 0.25) is 0 Å². The lowest BCUT2D eigenvalue weighted by molar-refractivity contribution is -0.386. The van der Waals surface area contributed by atoms with Crippen molar-refractivity contribution in [2.75, 3.05) is 0 Å². The fourth-order valence-electron chi connectivity index (χ4n) is 1.31. The van der Waals surface area contributed by atoms with E-state index in [2.05, 4.69) is 0 Å². The molecule has 0 saturated heterocycles. The first-order chi connectivity index (χ1) is 9.83. The molecule has 0 nitrogen and oxygen atoms in total. The minimum absolute atomic E-state index is 0.302. The second kappa shape index (κ2) is 5.74. The summed E-state index contributed by atoms with van der Waals surface area (Å²) in [5, 5.41) is 0. The molecular weight excluding hydrogens is 327 g/mol. The summed E-state index contributed by atoms with van der Waals surface area (Å²) in [4.78, 5) is 0. The highest BCUT2D eigenvalue weighted by atomic mass is 19.4. The Hall–Kier alpha value is -1.85. The van der Waals surface area contributed by atoms with E-state index in [0.717, 1.165) is 0 Å². The number of alkyl halides is 9. The first kappa shape index (κ1) is 18.2. The van der Waals surface area contributed by atoms with Crippen molar-refractivity contribution in [3.8, 4) is 11.8 Å². The number of rotatable bonds is 3. The quantitative estimate of drug-likeness (QED) is 0.555. The predicted molar refractivity (Wildman–Crippen MR) is 58.8 cm³/mol. The minimum atomic E-state index is -6.91. The molecule has 22 heavy (non-hydrogen) atoms. The molecule has 0 N–H and O–H groups in total. The molecule has 9 heteroatoms. The number of hydrogen-bond donors (Lipinski definition) is 0. The largest absolute Gasteiger partial charge is 0.460 e. The minimum Gasteiger partial charge on any atom is -0.191 e. The monoisotopic (exact) mass is 334 g/mol. The first-order valence-electron chi connectivity index (χ1n) is 5.57. The molecule has 0 atom stereocenters. The summed E-state index contributed by atoms with van der Waals surface area (Å²) in [6, 6.07) is 7.28. The van der Waals surface area contributed by atoms with E-state index < -0.39 is 30.4 Å². The van der Waals surface area contributed by atoms with Crippen LogP contribution in [0.5, 0.6) is 0 Å². The maximum Gasteiger partial charge on any atom is 0.460 e. The molecule has 0 spiro atoms. The highest BCUT2D eigenvalue weighted by molar-refractivity contribution is 5.24. The maximum atomic E-state index is 13.0. The van der Waals surface area contributed by atoms with Gasteiger partial charge in [0.1, 0.15) is 0 Å². The van der Waals surface area contributed by atoms with Crippen molar-refractivity contribution in [3.05, 3.63) is 35.9 Å². The number of halogens is 9. The van der Waals surface area contributed by atoms with Gasteiger partial charge >= 0.3 is 23.9 Å². The third-order valence-electron chi connectivity index (χ3n) is 2.53. The summed E-state index contributed by atoms with van der Waals surface area (Å²) < 4.78 is 112. The van der Waals surface area contributed by atoms with Crippen LogP contribution in [0.2, 0.25) is 0 Å². The molecule has 1 aromatic rings. The lowest BCUT2D eigenvalue weighted by Gasteiger charge is -2.31. The van der Waals surface area contributed by atoms with Crippen molar-refractivity contribution in [1.82, 2.24) is 0 Å². The topological polar surface area (TPSA) is 0 Å². The van der Waals surface area contributed by atoms with Crippen molar-refractivity contribution in [2.45, 2.75) is 30.4 Å². The van der Waals surface area contributed by atoms with Gasteiger partial charge < -0.3 is 0 Å². The van der Waals surface area contributed by atoms with E-state index in [-0.39, 0.29) is 0 Å². The van der Waals surface area contributed by atoms with Crippen LogP contribution in [0.25, 0.3) is 0 Å². The fourth-order valence-corrected chi connectivity index (χ4v) is 1.31. The van der Waals surface area contributed by atoms with E-state index in [1.807, 2.05) is 0 Å². The molecule has 0 aliphatic carbocycles. The normalized spacial score (nSPS) is 13.5. The highest BCUT2D eigenvalue weighted by Gasteiger charge is 2.81. The van der Waals surface area contributed by atoms with Crippen molar-refractivity contribution < 1.29 is 39.5 Å². The van der Waals surface area contributed by atoms with Crippen LogP contribution in [0.15, 0.2) is 30.3 Å². The Labute approximate surface area is 118 Å². The molecule has 0 aromatic heterocycles. The summed E-state index contributed by atoms with van der Waals surface area (Å²) in [5.41, 5.74) is 0.302. The van der Waals surface area contributed by atoms with Gasteiger partial charge in [0.05, 0.1) is 0 Å². The number of benzene rings is 1. The van der Waals surface area contributed by atoms with Crippen LogP contribution in [-0.2, 0) is 6.42 Å². The third-order valence-corrected chi connectivity index (χ3v) is 2.53. The van der Waals surface area contributed by atoms with Crippen LogP contribution >= 0.6 is 0 Å². The second-order valence-corrected chi connectivity index (χ2v) is 4.19. The standard InChI is InChI=1S/C13H7F9/c14-10(15,8-4-7-9-5-2-1-3-6-9)11(16,17)12(18,19)13(20,21)22/h1-3,5-6H,7H2. The van der Waals surface area contributed by atoms with Gasteiger partial charge in [-0.15, -0.1) is 0 Å². The van der Waals surface area contributed by atoms with Gasteiger partial charge in [-0.1, -0.05) is 36.3 Å². The van der Waals surface area contributed by atoms with Gasteiger partial charge in [-0.2, -0.15) is 39.5 Å². The molecule has 1 rings (SSSR count). The molecule has 1 aromatic carbocycles. The zero-order chi connectivity index (χ0) is 17.2. The Bertz CT molecular complexity index is 561. The van der Waals surface area contributed by atoms with Gasteiger partial charge in [0.15, 0.2) is 0 Å². The van der Waals surface area contributed by atoms with Crippen LogP contribution in [0.4, 0.5) is 39.5 Å². The Morgan fingerprint density at radius 3 is 1.68 bits per heavy atom. The summed E-state index contributed by atoms with van der Waals surface area (Å²) in [6.45, 7) is 0. The zero-order valence-electron chi connectivity index (χ0n) is 10.5. The van der Waals surface area contributed by atoms with Crippen molar-refractivity contribution in [1.29, 1.82) is 0 Å². The average Bonchev–Trinajstić information content (AvgIpc) is 2.38. The summed E-state index contributed by atoms with van der Waals surface area (Å²) in [5.74, 6) is -17.4. The van der Waals surface area contributed by atoms with E-state index in [0.29, 0.717) is 11.5 Å². The van der Waals surface area contributed by atoms with Gasteiger partial charge in [0.25, 0.3) is 0 Å². The molecule has 0 aliphatic heterocycles. The van der Waals surface area contributed by atoms with E-state index in [4.69, 9.17) is 0 Å². The molecule has 0 aliphatic rings. The van der Waals surface area contributed by atoms with Gasteiger partial charge in [-0.05, 0) is 11.5 Å². The molecule has 122 valence electrons. The fraction of sp³-hybridized carbons (Fsp3) is 0.385. The molecule has 0 heterocycles. The first-order valence-corrected chi connectivity index (χ1v) is 5.57. The summed E-state index contributed by atoms with van der Waals surface area (Å²) >= 11 is 0. The van der Waals surface area contributed by atoms with Crippen LogP contribution in [-0.4, -0.2) is 23.9 Å². The maximum absolute atomic E-state index is 13.0. The van der Waals surface area contributed by atoms with E-state index in [9.17, 15) is 39.5 Å². The van der Waals surface area contributed by atoms with Crippen LogP contribution in [0.3, 0.4) is 0 Å². The lowest BCUT2D eigenvalue weighted by Crippen LogP contribution is -2.60. The van der Waals surface area contributed by atoms with Crippen LogP contribution in [0, 0.1) is 11.8 Å². The molecule has 0 fully saturated rings. The van der Waals surface area contributed by atoms with Crippen LogP contribution < -0.4 is 0 Å².